The third kappa shape index (κ3) is 3.67. The number of hydrogen-bond donors (Lipinski definition) is 1. The molecule has 0 aliphatic carbocycles. The Balaban J connectivity index is 3.09. The third-order valence-corrected chi connectivity index (χ3v) is 3.33. The Kier molecular flexibility index (Phi) is 5.57. The van der Waals surface area contributed by atoms with Gasteiger partial charge in [-0.2, -0.15) is 0 Å². The third-order valence-electron chi connectivity index (χ3n) is 3.09. The van der Waals surface area contributed by atoms with Crippen LogP contribution in [0.5, 0.6) is 0 Å². The van der Waals surface area contributed by atoms with Crippen LogP contribution in [0.3, 0.4) is 0 Å². The lowest BCUT2D eigenvalue weighted by molar-refractivity contribution is -0.0120. The van der Waals surface area contributed by atoms with Gasteiger partial charge in [-0.1, -0.05) is 24.6 Å². The standard InChI is InChI=1S/C14H21ClFNO/c1-5-8-17-13(14(2,3)18-4)11-7-6-10(15)9-12(11)16/h6-7,9,13,17H,5,8H2,1-4H3. The minimum absolute atomic E-state index is 0.209. The summed E-state index contributed by atoms with van der Waals surface area (Å²) >= 11 is 5.78. The van der Waals surface area contributed by atoms with E-state index in [1.807, 2.05) is 13.8 Å². The zero-order valence-electron chi connectivity index (χ0n) is 11.4. The second kappa shape index (κ2) is 6.50. The first-order valence-electron chi connectivity index (χ1n) is 6.16. The summed E-state index contributed by atoms with van der Waals surface area (Å²) in [7, 11) is 1.63. The van der Waals surface area contributed by atoms with Gasteiger partial charge in [0.1, 0.15) is 5.82 Å². The molecule has 4 heteroatoms. The van der Waals surface area contributed by atoms with E-state index in [0.717, 1.165) is 13.0 Å². The number of halogens is 2. The molecule has 0 aromatic heterocycles. The Labute approximate surface area is 113 Å². The number of methoxy groups -OCH3 is 1. The fraction of sp³-hybridized carbons (Fsp3) is 0.571. The number of hydrogen-bond acceptors (Lipinski definition) is 2. The molecule has 1 rings (SSSR count). The van der Waals surface area contributed by atoms with Crippen LogP contribution in [0, 0.1) is 5.82 Å². The van der Waals surface area contributed by atoms with Crippen LogP contribution in [0.15, 0.2) is 18.2 Å². The molecule has 1 atom stereocenters. The molecule has 0 fully saturated rings. The summed E-state index contributed by atoms with van der Waals surface area (Å²) in [6.45, 7) is 6.75. The molecule has 1 aromatic carbocycles. The molecule has 1 unspecified atom stereocenters. The summed E-state index contributed by atoms with van der Waals surface area (Å²) in [6.07, 6.45) is 0.978. The number of nitrogens with one attached hydrogen (secondary N) is 1. The van der Waals surface area contributed by atoms with E-state index in [0.29, 0.717) is 10.6 Å². The fourth-order valence-electron chi connectivity index (χ4n) is 1.87. The second-order valence-corrected chi connectivity index (χ2v) is 5.30. The van der Waals surface area contributed by atoms with Gasteiger partial charge in [-0.15, -0.1) is 0 Å². The van der Waals surface area contributed by atoms with Crippen molar-refractivity contribution in [3.05, 3.63) is 34.6 Å². The highest BCUT2D eigenvalue weighted by molar-refractivity contribution is 6.30. The average Bonchev–Trinajstić information content (AvgIpc) is 2.31. The largest absolute Gasteiger partial charge is 0.377 e. The van der Waals surface area contributed by atoms with E-state index in [2.05, 4.69) is 12.2 Å². The highest BCUT2D eigenvalue weighted by Gasteiger charge is 2.32. The zero-order chi connectivity index (χ0) is 13.8. The topological polar surface area (TPSA) is 21.3 Å². The first-order valence-corrected chi connectivity index (χ1v) is 6.53. The van der Waals surface area contributed by atoms with Gasteiger partial charge in [-0.3, -0.25) is 0 Å². The summed E-state index contributed by atoms with van der Waals surface area (Å²) in [5.74, 6) is -0.304. The molecule has 0 saturated carbocycles. The summed E-state index contributed by atoms with van der Waals surface area (Å²) in [5.41, 5.74) is 0.0869. The van der Waals surface area contributed by atoms with E-state index < -0.39 is 5.60 Å². The molecular weight excluding hydrogens is 253 g/mol. The van der Waals surface area contributed by atoms with Crippen molar-refractivity contribution in [2.24, 2.45) is 0 Å². The molecule has 102 valence electrons. The highest BCUT2D eigenvalue weighted by Crippen LogP contribution is 2.31. The van der Waals surface area contributed by atoms with Crippen molar-refractivity contribution in [3.8, 4) is 0 Å². The lowest BCUT2D eigenvalue weighted by atomic mass is 9.91. The molecule has 2 nitrogen and oxygen atoms in total. The van der Waals surface area contributed by atoms with Crippen molar-refractivity contribution in [1.82, 2.24) is 5.32 Å². The number of rotatable bonds is 6. The van der Waals surface area contributed by atoms with Crippen molar-refractivity contribution >= 4 is 11.6 Å². The summed E-state index contributed by atoms with van der Waals surface area (Å²) < 4.78 is 19.5. The van der Waals surface area contributed by atoms with Crippen LogP contribution in [-0.4, -0.2) is 19.3 Å². The second-order valence-electron chi connectivity index (χ2n) is 4.86. The minimum atomic E-state index is -0.496. The van der Waals surface area contributed by atoms with Gasteiger partial charge in [0.15, 0.2) is 0 Å². The maximum atomic E-state index is 14.0. The van der Waals surface area contributed by atoms with Gasteiger partial charge in [0.05, 0.1) is 11.6 Å². The zero-order valence-corrected chi connectivity index (χ0v) is 12.1. The van der Waals surface area contributed by atoms with Crippen molar-refractivity contribution in [3.63, 3.8) is 0 Å². The van der Waals surface area contributed by atoms with Gasteiger partial charge in [0.2, 0.25) is 0 Å². The predicted molar refractivity (Wildman–Crippen MR) is 73.5 cm³/mol. The summed E-state index contributed by atoms with van der Waals surface area (Å²) in [6, 6.07) is 4.54. The Hall–Kier alpha value is -0.640. The van der Waals surface area contributed by atoms with E-state index in [1.54, 1.807) is 19.2 Å². The minimum Gasteiger partial charge on any atom is -0.377 e. The summed E-state index contributed by atoms with van der Waals surface area (Å²) in [4.78, 5) is 0. The summed E-state index contributed by atoms with van der Waals surface area (Å²) in [5, 5.41) is 3.73. The van der Waals surface area contributed by atoms with Crippen LogP contribution >= 0.6 is 11.6 Å². The quantitative estimate of drug-likeness (QED) is 0.847. The molecule has 0 heterocycles. The van der Waals surface area contributed by atoms with Gasteiger partial charge in [0.25, 0.3) is 0 Å². The lowest BCUT2D eigenvalue weighted by Crippen LogP contribution is -2.41. The maximum Gasteiger partial charge on any atom is 0.129 e. The molecule has 18 heavy (non-hydrogen) atoms. The molecule has 0 spiro atoms. The van der Waals surface area contributed by atoms with Crippen molar-refractivity contribution < 1.29 is 9.13 Å². The molecule has 1 N–H and O–H groups in total. The fourth-order valence-corrected chi connectivity index (χ4v) is 2.03. The van der Waals surface area contributed by atoms with E-state index >= 15 is 0 Å². The smallest absolute Gasteiger partial charge is 0.129 e. The van der Waals surface area contributed by atoms with Gasteiger partial charge in [-0.25, -0.2) is 4.39 Å². The van der Waals surface area contributed by atoms with E-state index in [9.17, 15) is 4.39 Å². The Morgan fingerprint density at radius 1 is 1.44 bits per heavy atom. The van der Waals surface area contributed by atoms with E-state index in [-0.39, 0.29) is 11.9 Å². The van der Waals surface area contributed by atoms with Crippen molar-refractivity contribution in [1.29, 1.82) is 0 Å². The van der Waals surface area contributed by atoms with E-state index in [1.165, 1.54) is 6.07 Å². The predicted octanol–water partition coefficient (Wildman–Crippen LogP) is 3.94. The Morgan fingerprint density at radius 2 is 2.11 bits per heavy atom. The van der Waals surface area contributed by atoms with Gasteiger partial charge < -0.3 is 10.1 Å². The monoisotopic (exact) mass is 273 g/mol. The maximum absolute atomic E-state index is 14.0. The molecule has 0 amide bonds. The SMILES string of the molecule is CCCNC(c1ccc(Cl)cc1F)C(C)(C)OC. The first-order chi connectivity index (χ1) is 8.42. The van der Waals surface area contributed by atoms with E-state index in [4.69, 9.17) is 16.3 Å². The van der Waals surface area contributed by atoms with Gasteiger partial charge >= 0.3 is 0 Å². The lowest BCUT2D eigenvalue weighted by Gasteiger charge is -2.34. The van der Waals surface area contributed by atoms with Crippen LogP contribution in [0.2, 0.25) is 5.02 Å². The molecule has 1 aromatic rings. The molecule has 0 saturated heterocycles. The molecule has 0 bridgehead atoms. The van der Waals surface area contributed by atoms with Crippen LogP contribution in [-0.2, 0) is 4.74 Å². The van der Waals surface area contributed by atoms with Crippen LogP contribution in [0.4, 0.5) is 4.39 Å². The average molecular weight is 274 g/mol. The molecule has 0 aliphatic heterocycles. The first kappa shape index (κ1) is 15.4. The van der Waals surface area contributed by atoms with Crippen LogP contribution in [0.25, 0.3) is 0 Å². The normalized spacial score (nSPS) is 13.7. The molecular formula is C14H21ClFNO. The van der Waals surface area contributed by atoms with Gasteiger partial charge in [0, 0.05) is 17.7 Å². The van der Waals surface area contributed by atoms with Crippen molar-refractivity contribution in [2.75, 3.05) is 13.7 Å². The molecule has 0 aliphatic rings. The Morgan fingerprint density at radius 3 is 2.61 bits per heavy atom. The number of benzene rings is 1. The van der Waals surface area contributed by atoms with Crippen LogP contribution in [0.1, 0.15) is 38.8 Å². The van der Waals surface area contributed by atoms with Crippen LogP contribution < -0.4 is 5.32 Å². The highest BCUT2D eigenvalue weighted by atomic mass is 35.5. The van der Waals surface area contributed by atoms with Gasteiger partial charge in [-0.05, 0) is 38.9 Å². The Bertz CT molecular complexity index is 395. The number of ether oxygens (including phenoxy) is 1. The molecule has 0 radical (unpaired) electrons. The van der Waals surface area contributed by atoms with Crippen molar-refractivity contribution in [2.45, 2.75) is 38.8 Å².